The molecule has 2 aromatic rings. The molecule has 5 nitrogen and oxygen atoms in total. The fourth-order valence-electron chi connectivity index (χ4n) is 2.65. The Labute approximate surface area is 126 Å². The standard InChI is InChI=1S/C15H16N2O3S/c1-2-19-11-8-10(9-6-4-3-5-7-9)12-13(18)16-15(21)17-14(12)20-11/h3-7,10-11H,2,8H2,1H3,(H2,16,17,18,21)/t10-,11-/m0/s1. The monoisotopic (exact) mass is 304 g/mol. The Morgan fingerprint density at radius 3 is 2.81 bits per heavy atom. The van der Waals surface area contributed by atoms with Gasteiger partial charge >= 0.3 is 0 Å². The van der Waals surface area contributed by atoms with E-state index in [9.17, 15) is 4.79 Å². The van der Waals surface area contributed by atoms with Gasteiger partial charge in [0.2, 0.25) is 12.2 Å². The highest BCUT2D eigenvalue weighted by atomic mass is 32.1. The minimum atomic E-state index is -0.389. The van der Waals surface area contributed by atoms with Gasteiger partial charge in [-0.1, -0.05) is 30.3 Å². The summed E-state index contributed by atoms with van der Waals surface area (Å²) >= 11 is 5.01. The average Bonchev–Trinajstić information content (AvgIpc) is 2.47. The number of aromatic nitrogens is 2. The van der Waals surface area contributed by atoms with Gasteiger partial charge in [0, 0.05) is 18.9 Å². The molecule has 1 aromatic carbocycles. The third-order valence-electron chi connectivity index (χ3n) is 3.52. The molecule has 3 rings (SSSR count). The number of H-pyrrole nitrogens is 2. The van der Waals surface area contributed by atoms with Crippen molar-refractivity contribution in [1.82, 2.24) is 9.97 Å². The van der Waals surface area contributed by atoms with E-state index < -0.39 is 0 Å². The van der Waals surface area contributed by atoms with Crippen molar-refractivity contribution in [2.24, 2.45) is 0 Å². The van der Waals surface area contributed by atoms with E-state index in [1.165, 1.54) is 0 Å². The second-order valence-corrected chi connectivity index (χ2v) is 5.26. The zero-order chi connectivity index (χ0) is 14.8. The van der Waals surface area contributed by atoms with E-state index in [1.54, 1.807) is 0 Å². The van der Waals surface area contributed by atoms with Crippen LogP contribution in [0, 0.1) is 4.77 Å². The molecule has 2 heterocycles. The van der Waals surface area contributed by atoms with Crippen molar-refractivity contribution in [2.45, 2.75) is 25.6 Å². The lowest BCUT2D eigenvalue weighted by Gasteiger charge is -2.30. The van der Waals surface area contributed by atoms with Gasteiger partial charge in [-0.25, -0.2) is 0 Å². The molecule has 0 amide bonds. The second kappa shape index (κ2) is 5.83. The van der Waals surface area contributed by atoms with Crippen molar-refractivity contribution in [3.8, 4) is 5.88 Å². The van der Waals surface area contributed by atoms with Crippen molar-refractivity contribution in [1.29, 1.82) is 0 Å². The van der Waals surface area contributed by atoms with Crippen LogP contribution in [0.5, 0.6) is 5.88 Å². The molecule has 1 aliphatic heterocycles. The van der Waals surface area contributed by atoms with Crippen molar-refractivity contribution in [2.75, 3.05) is 6.61 Å². The number of rotatable bonds is 3. The van der Waals surface area contributed by atoms with Gasteiger partial charge in [-0.2, -0.15) is 0 Å². The molecule has 2 atom stereocenters. The highest BCUT2D eigenvalue weighted by molar-refractivity contribution is 7.71. The first-order valence-electron chi connectivity index (χ1n) is 6.88. The van der Waals surface area contributed by atoms with Crippen LogP contribution in [0.4, 0.5) is 0 Å². The first-order valence-corrected chi connectivity index (χ1v) is 7.29. The Bertz CT molecular complexity index is 739. The van der Waals surface area contributed by atoms with Gasteiger partial charge in [0.1, 0.15) is 0 Å². The van der Waals surface area contributed by atoms with Crippen LogP contribution in [-0.4, -0.2) is 22.9 Å². The summed E-state index contributed by atoms with van der Waals surface area (Å²) in [5, 5.41) is 0. The summed E-state index contributed by atoms with van der Waals surface area (Å²) in [5.41, 5.74) is 1.42. The maximum absolute atomic E-state index is 12.3. The van der Waals surface area contributed by atoms with Crippen LogP contribution in [0.15, 0.2) is 35.1 Å². The van der Waals surface area contributed by atoms with Crippen LogP contribution in [0.25, 0.3) is 0 Å². The van der Waals surface area contributed by atoms with E-state index in [-0.39, 0.29) is 22.5 Å². The fourth-order valence-corrected chi connectivity index (χ4v) is 2.84. The molecule has 110 valence electrons. The van der Waals surface area contributed by atoms with Gasteiger partial charge < -0.3 is 14.5 Å². The maximum atomic E-state index is 12.3. The summed E-state index contributed by atoms with van der Waals surface area (Å²) in [6, 6.07) is 9.87. The topological polar surface area (TPSA) is 67.1 Å². The Morgan fingerprint density at radius 1 is 1.33 bits per heavy atom. The van der Waals surface area contributed by atoms with Crippen LogP contribution in [0.2, 0.25) is 0 Å². The lowest BCUT2D eigenvalue weighted by atomic mass is 9.88. The summed E-state index contributed by atoms with van der Waals surface area (Å²) < 4.78 is 11.6. The number of fused-ring (bicyclic) bond motifs is 1. The lowest BCUT2D eigenvalue weighted by Crippen LogP contribution is -2.33. The quantitative estimate of drug-likeness (QED) is 0.856. The highest BCUT2D eigenvalue weighted by Crippen LogP contribution is 2.37. The zero-order valence-electron chi connectivity index (χ0n) is 11.6. The molecule has 0 fully saturated rings. The number of nitrogens with one attached hydrogen (secondary N) is 2. The zero-order valence-corrected chi connectivity index (χ0v) is 12.4. The van der Waals surface area contributed by atoms with Gasteiger partial charge in [-0.15, -0.1) is 0 Å². The summed E-state index contributed by atoms with van der Waals surface area (Å²) in [4.78, 5) is 17.8. The predicted octanol–water partition coefficient (Wildman–Crippen LogP) is 2.71. The normalized spacial score (nSPS) is 20.6. The first kappa shape index (κ1) is 14.0. The Hall–Kier alpha value is -1.92. The van der Waals surface area contributed by atoms with E-state index in [0.29, 0.717) is 24.5 Å². The molecular formula is C15H16N2O3S. The number of aromatic amines is 2. The van der Waals surface area contributed by atoms with Crippen molar-refractivity contribution in [3.63, 3.8) is 0 Å². The molecule has 0 saturated carbocycles. The number of hydrogen-bond acceptors (Lipinski definition) is 4. The minimum Gasteiger partial charge on any atom is -0.449 e. The highest BCUT2D eigenvalue weighted by Gasteiger charge is 2.32. The maximum Gasteiger partial charge on any atom is 0.259 e. The molecular weight excluding hydrogens is 288 g/mol. The van der Waals surface area contributed by atoms with Crippen LogP contribution in [-0.2, 0) is 4.74 Å². The van der Waals surface area contributed by atoms with E-state index >= 15 is 0 Å². The molecule has 0 spiro atoms. The summed E-state index contributed by atoms with van der Waals surface area (Å²) in [6.45, 7) is 2.46. The van der Waals surface area contributed by atoms with Crippen molar-refractivity contribution < 1.29 is 9.47 Å². The molecule has 0 aliphatic carbocycles. The summed E-state index contributed by atoms with van der Waals surface area (Å²) in [7, 11) is 0. The van der Waals surface area contributed by atoms with Gasteiger partial charge in [-0.3, -0.25) is 9.78 Å². The Balaban J connectivity index is 2.12. The van der Waals surface area contributed by atoms with E-state index in [1.807, 2.05) is 37.3 Å². The molecule has 0 bridgehead atoms. The predicted molar refractivity (Wildman–Crippen MR) is 81.2 cm³/mol. The molecule has 0 unspecified atom stereocenters. The van der Waals surface area contributed by atoms with Gasteiger partial charge in [0.15, 0.2) is 4.77 Å². The molecule has 1 aliphatic rings. The third-order valence-corrected chi connectivity index (χ3v) is 3.73. The van der Waals surface area contributed by atoms with E-state index in [0.717, 1.165) is 5.56 Å². The molecule has 21 heavy (non-hydrogen) atoms. The van der Waals surface area contributed by atoms with Crippen molar-refractivity contribution >= 4 is 12.2 Å². The first-order chi connectivity index (χ1) is 10.2. The summed E-state index contributed by atoms with van der Waals surface area (Å²) in [5.74, 6) is 0.324. The molecule has 0 radical (unpaired) electrons. The molecule has 0 saturated heterocycles. The van der Waals surface area contributed by atoms with Crippen LogP contribution in [0.3, 0.4) is 0 Å². The summed E-state index contributed by atoms with van der Waals surface area (Å²) in [6.07, 6.45) is 0.207. The van der Waals surface area contributed by atoms with Crippen LogP contribution < -0.4 is 10.3 Å². The second-order valence-electron chi connectivity index (χ2n) is 4.85. The van der Waals surface area contributed by atoms with E-state index in [2.05, 4.69) is 9.97 Å². The number of benzene rings is 1. The fraction of sp³-hybridized carbons (Fsp3) is 0.333. The van der Waals surface area contributed by atoms with Crippen LogP contribution in [0.1, 0.15) is 30.4 Å². The smallest absolute Gasteiger partial charge is 0.259 e. The molecule has 1 aromatic heterocycles. The molecule has 2 N–H and O–H groups in total. The van der Waals surface area contributed by atoms with Gasteiger partial charge in [0.25, 0.3) is 5.56 Å². The van der Waals surface area contributed by atoms with Crippen LogP contribution >= 0.6 is 12.2 Å². The largest absolute Gasteiger partial charge is 0.449 e. The number of hydrogen-bond donors (Lipinski definition) is 2. The van der Waals surface area contributed by atoms with Gasteiger partial charge in [-0.05, 0) is 24.7 Å². The average molecular weight is 304 g/mol. The van der Waals surface area contributed by atoms with Crippen molar-refractivity contribution in [3.05, 3.63) is 56.6 Å². The van der Waals surface area contributed by atoms with E-state index in [4.69, 9.17) is 21.7 Å². The Kier molecular flexibility index (Phi) is 3.90. The minimum absolute atomic E-state index is 0.0814. The Morgan fingerprint density at radius 2 is 2.10 bits per heavy atom. The van der Waals surface area contributed by atoms with Gasteiger partial charge in [0.05, 0.1) is 5.56 Å². The lowest BCUT2D eigenvalue weighted by molar-refractivity contribution is -0.0922. The SMILES string of the molecule is CCO[C@@H]1C[C@@H](c2ccccc2)c2c([nH]c(=S)[nH]c2=O)O1. The third kappa shape index (κ3) is 2.77. The number of ether oxygens (including phenoxy) is 2. The molecule has 6 heteroatoms.